The zero-order valence-electron chi connectivity index (χ0n) is 9.15. The molecule has 1 heterocycles. The molecule has 3 N–H and O–H groups in total. The smallest absolute Gasteiger partial charge is 0.257 e. The van der Waals surface area contributed by atoms with Crippen molar-refractivity contribution in [2.45, 2.75) is 0 Å². The summed E-state index contributed by atoms with van der Waals surface area (Å²) >= 11 is 5.69. The van der Waals surface area contributed by atoms with Crippen molar-refractivity contribution in [1.82, 2.24) is 4.98 Å². The third-order valence-electron chi connectivity index (χ3n) is 2.25. The summed E-state index contributed by atoms with van der Waals surface area (Å²) in [5.41, 5.74) is 6.54. The van der Waals surface area contributed by atoms with E-state index in [1.807, 2.05) is 0 Å². The fraction of sp³-hybridized carbons (Fsp3) is 0. The largest absolute Gasteiger partial charge is 0.397 e. The minimum atomic E-state index is -0.427. The Hall–Kier alpha value is -2.14. The Labute approximate surface area is 108 Å². The molecule has 0 spiro atoms. The Morgan fingerprint density at radius 2 is 2.00 bits per heavy atom. The van der Waals surface area contributed by atoms with Crippen molar-refractivity contribution in [3.8, 4) is 0 Å². The highest BCUT2D eigenvalue weighted by atomic mass is 35.5. The van der Waals surface area contributed by atoms with Gasteiger partial charge in [0.2, 0.25) is 0 Å². The minimum Gasteiger partial charge on any atom is -0.397 e. The number of rotatable bonds is 2. The lowest BCUT2D eigenvalue weighted by Gasteiger charge is -2.07. The second-order valence-corrected chi connectivity index (χ2v) is 3.94. The molecule has 0 aliphatic heterocycles. The van der Waals surface area contributed by atoms with Gasteiger partial charge in [-0.2, -0.15) is 0 Å². The first-order valence-corrected chi connectivity index (χ1v) is 5.42. The van der Waals surface area contributed by atoms with Crippen LogP contribution in [0.15, 0.2) is 36.5 Å². The maximum Gasteiger partial charge on any atom is 0.257 e. The van der Waals surface area contributed by atoms with Gasteiger partial charge >= 0.3 is 0 Å². The average Bonchev–Trinajstić information content (AvgIpc) is 2.35. The van der Waals surface area contributed by atoms with Gasteiger partial charge < -0.3 is 11.1 Å². The van der Waals surface area contributed by atoms with Crippen LogP contribution in [0.4, 0.5) is 15.8 Å². The number of anilines is 2. The number of hydrogen-bond donors (Lipinski definition) is 2. The first-order valence-electron chi connectivity index (χ1n) is 5.04. The van der Waals surface area contributed by atoms with Crippen molar-refractivity contribution in [2.24, 2.45) is 0 Å². The van der Waals surface area contributed by atoms with Crippen LogP contribution in [-0.4, -0.2) is 10.9 Å². The van der Waals surface area contributed by atoms with E-state index in [9.17, 15) is 9.18 Å². The molecule has 0 radical (unpaired) electrons. The number of carbonyl (C=O) groups excluding carboxylic acids is 1. The summed E-state index contributed by atoms with van der Waals surface area (Å²) in [7, 11) is 0. The number of nitrogens with zero attached hydrogens (tertiary/aromatic N) is 1. The summed E-state index contributed by atoms with van der Waals surface area (Å²) in [5.74, 6) is -0.803. The number of nitrogens with one attached hydrogen (secondary N) is 1. The second kappa shape index (κ2) is 5.01. The molecule has 2 aromatic rings. The van der Waals surface area contributed by atoms with Gasteiger partial charge in [-0.3, -0.25) is 4.79 Å². The van der Waals surface area contributed by atoms with Gasteiger partial charge in [-0.1, -0.05) is 11.6 Å². The molecule has 0 aliphatic carbocycles. The van der Waals surface area contributed by atoms with Gasteiger partial charge in [0.05, 0.1) is 17.4 Å². The van der Waals surface area contributed by atoms with Crippen LogP contribution in [0.25, 0.3) is 0 Å². The monoisotopic (exact) mass is 265 g/mol. The number of pyridine rings is 1. The lowest BCUT2D eigenvalue weighted by molar-refractivity contribution is 0.102. The number of carbonyl (C=O) groups is 1. The zero-order valence-corrected chi connectivity index (χ0v) is 9.91. The van der Waals surface area contributed by atoms with Crippen LogP contribution >= 0.6 is 11.6 Å². The van der Waals surface area contributed by atoms with Gasteiger partial charge in [0.25, 0.3) is 5.91 Å². The molecule has 0 bridgehead atoms. The number of halogens is 2. The molecule has 1 aromatic heterocycles. The van der Waals surface area contributed by atoms with E-state index in [0.717, 1.165) is 0 Å². The zero-order chi connectivity index (χ0) is 13.1. The van der Waals surface area contributed by atoms with Gasteiger partial charge in [0.1, 0.15) is 11.0 Å². The van der Waals surface area contributed by atoms with Gasteiger partial charge in [-0.05, 0) is 30.3 Å². The van der Waals surface area contributed by atoms with Crippen LogP contribution in [0.5, 0.6) is 0 Å². The molecule has 6 heteroatoms. The lowest BCUT2D eigenvalue weighted by atomic mass is 10.2. The number of amides is 1. The number of hydrogen-bond acceptors (Lipinski definition) is 3. The fourth-order valence-corrected chi connectivity index (χ4v) is 1.53. The molecule has 1 amide bonds. The normalized spacial score (nSPS) is 10.1. The van der Waals surface area contributed by atoms with Crippen LogP contribution in [0, 0.1) is 5.82 Å². The van der Waals surface area contributed by atoms with Gasteiger partial charge in [0, 0.05) is 5.69 Å². The number of nitrogen functional groups attached to an aromatic ring is 1. The van der Waals surface area contributed by atoms with E-state index in [4.69, 9.17) is 17.3 Å². The van der Waals surface area contributed by atoms with Crippen LogP contribution in [-0.2, 0) is 0 Å². The molecular formula is C12H9ClFN3O. The summed E-state index contributed by atoms with van der Waals surface area (Å²) in [6, 6.07) is 6.77. The molecule has 0 unspecified atom stereocenters. The number of nitrogens with two attached hydrogens (primary N) is 1. The molecule has 0 atom stereocenters. The SMILES string of the molecule is Nc1cnc(Cl)cc1C(=O)Nc1ccc(F)cc1. The van der Waals surface area contributed by atoms with E-state index in [0.29, 0.717) is 5.69 Å². The first-order chi connectivity index (χ1) is 8.56. The van der Waals surface area contributed by atoms with Crippen molar-refractivity contribution in [3.63, 3.8) is 0 Å². The number of benzene rings is 1. The first kappa shape index (κ1) is 12.3. The van der Waals surface area contributed by atoms with Gasteiger partial charge in [0.15, 0.2) is 0 Å². The summed E-state index contributed by atoms with van der Waals surface area (Å²) in [6.07, 6.45) is 1.31. The predicted molar refractivity (Wildman–Crippen MR) is 68.0 cm³/mol. The molecule has 18 heavy (non-hydrogen) atoms. The summed E-state index contributed by atoms with van der Waals surface area (Å²) in [6.45, 7) is 0. The number of aromatic nitrogens is 1. The maximum absolute atomic E-state index is 12.7. The Bertz CT molecular complexity index is 586. The minimum absolute atomic E-state index is 0.174. The van der Waals surface area contributed by atoms with Crippen molar-refractivity contribution >= 4 is 28.9 Å². The third kappa shape index (κ3) is 2.75. The Morgan fingerprint density at radius 3 is 2.67 bits per heavy atom. The van der Waals surface area contributed by atoms with Crippen molar-refractivity contribution in [1.29, 1.82) is 0 Å². The highest BCUT2D eigenvalue weighted by molar-refractivity contribution is 6.30. The summed E-state index contributed by atoms with van der Waals surface area (Å²) in [5, 5.41) is 2.76. The van der Waals surface area contributed by atoms with Gasteiger partial charge in [-0.25, -0.2) is 9.37 Å². The summed E-state index contributed by atoms with van der Waals surface area (Å²) in [4.78, 5) is 15.7. The van der Waals surface area contributed by atoms with E-state index in [1.54, 1.807) is 0 Å². The topological polar surface area (TPSA) is 68.0 Å². The third-order valence-corrected chi connectivity index (χ3v) is 2.45. The molecule has 0 fully saturated rings. The molecule has 92 valence electrons. The molecule has 4 nitrogen and oxygen atoms in total. The highest BCUT2D eigenvalue weighted by Crippen LogP contribution is 2.17. The van der Waals surface area contributed by atoms with Crippen LogP contribution in [0.1, 0.15) is 10.4 Å². The molecule has 2 rings (SSSR count). The van der Waals surface area contributed by atoms with E-state index >= 15 is 0 Å². The van der Waals surface area contributed by atoms with Crippen molar-refractivity contribution < 1.29 is 9.18 Å². The van der Waals surface area contributed by atoms with Crippen molar-refractivity contribution in [2.75, 3.05) is 11.1 Å². The van der Waals surface area contributed by atoms with Crippen LogP contribution in [0.2, 0.25) is 5.15 Å². The van der Waals surface area contributed by atoms with E-state index in [-0.39, 0.29) is 22.2 Å². The highest BCUT2D eigenvalue weighted by Gasteiger charge is 2.11. The van der Waals surface area contributed by atoms with E-state index in [1.165, 1.54) is 36.5 Å². The predicted octanol–water partition coefficient (Wildman–Crippen LogP) is 2.71. The fourth-order valence-electron chi connectivity index (χ4n) is 1.37. The Morgan fingerprint density at radius 1 is 1.33 bits per heavy atom. The standard InChI is InChI=1S/C12H9ClFN3O/c13-11-5-9(10(15)6-16-11)12(18)17-8-3-1-7(14)2-4-8/h1-6H,15H2,(H,17,18). The quantitative estimate of drug-likeness (QED) is 0.821. The van der Waals surface area contributed by atoms with Crippen LogP contribution < -0.4 is 11.1 Å². The second-order valence-electron chi connectivity index (χ2n) is 3.56. The molecule has 0 saturated heterocycles. The average molecular weight is 266 g/mol. The summed E-state index contributed by atoms with van der Waals surface area (Å²) < 4.78 is 12.7. The molecule has 1 aromatic carbocycles. The molecular weight excluding hydrogens is 257 g/mol. The Balaban J connectivity index is 2.21. The Kier molecular flexibility index (Phi) is 3.43. The van der Waals surface area contributed by atoms with Crippen LogP contribution in [0.3, 0.4) is 0 Å². The van der Waals surface area contributed by atoms with Crippen molar-refractivity contribution in [3.05, 3.63) is 53.1 Å². The molecule has 0 aliphatic rings. The lowest BCUT2D eigenvalue weighted by Crippen LogP contribution is -2.14. The molecule has 0 saturated carbocycles. The van der Waals surface area contributed by atoms with Gasteiger partial charge in [-0.15, -0.1) is 0 Å². The van der Waals surface area contributed by atoms with E-state index < -0.39 is 5.91 Å². The maximum atomic E-state index is 12.7. The van der Waals surface area contributed by atoms with E-state index in [2.05, 4.69) is 10.3 Å².